The highest BCUT2D eigenvalue weighted by Gasteiger charge is 2.11. The summed E-state index contributed by atoms with van der Waals surface area (Å²) in [5.74, 6) is -0.261. The summed E-state index contributed by atoms with van der Waals surface area (Å²) in [5.41, 5.74) is 2.75. The van der Waals surface area contributed by atoms with Crippen molar-refractivity contribution in [2.24, 2.45) is 0 Å². The highest BCUT2D eigenvalue weighted by atomic mass is 16.1. The van der Waals surface area contributed by atoms with Crippen LogP contribution in [0.5, 0.6) is 0 Å². The number of rotatable bonds is 3. The van der Waals surface area contributed by atoms with Crippen LogP contribution in [0.25, 0.3) is 10.9 Å². The van der Waals surface area contributed by atoms with E-state index in [1.54, 1.807) is 42.7 Å². The van der Waals surface area contributed by atoms with Gasteiger partial charge >= 0.3 is 0 Å². The van der Waals surface area contributed by atoms with Crippen molar-refractivity contribution in [3.8, 4) is 0 Å². The van der Waals surface area contributed by atoms with Crippen LogP contribution in [-0.4, -0.2) is 15.5 Å². The number of nitrogens with zero attached hydrogens (tertiary/aromatic N) is 2. The van der Waals surface area contributed by atoms with Crippen LogP contribution in [0.1, 0.15) is 23.0 Å². The van der Waals surface area contributed by atoms with Crippen LogP contribution in [0.4, 0.5) is 5.69 Å². The summed E-state index contributed by atoms with van der Waals surface area (Å²) in [4.78, 5) is 28.5. The highest BCUT2D eigenvalue weighted by molar-refractivity contribution is 6.06. The van der Waals surface area contributed by atoms with Crippen LogP contribution in [0, 0.1) is 6.92 Å². The molecule has 2 heterocycles. The SMILES string of the molecule is CCn1c(C)cc(=O)c2cc(C(=O)Nc3cccnc3)ccc21. The number of anilines is 1. The van der Waals surface area contributed by atoms with Crippen molar-refractivity contribution in [3.05, 3.63) is 70.3 Å². The molecule has 0 aliphatic carbocycles. The van der Waals surface area contributed by atoms with E-state index in [0.29, 0.717) is 16.6 Å². The van der Waals surface area contributed by atoms with Gasteiger partial charge in [0.25, 0.3) is 5.91 Å². The second-order valence-corrected chi connectivity index (χ2v) is 5.32. The Bertz CT molecular complexity index is 930. The van der Waals surface area contributed by atoms with Gasteiger partial charge in [0.15, 0.2) is 5.43 Å². The fourth-order valence-corrected chi connectivity index (χ4v) is 2.71. The van der Waals surface area contributed by atoms with E-state index >= 15 is 0 Å². The third kappa shape index (κ3) is 2.85. The Hall–Kier alpha value is -2.95. The molecule has 1 amide bonds. The molecule has 0 saturated carbocycles. The maximum atomic E-state index is 12.3. The lowest BCUT2D eigenvalue weighted by molar-refractivity contribution is 0.102. The number of hydrogen-bond acceptors (Lipinski definition) is 3. The molecule has 0 atom stereocenters. The van der Waals surface area contributed by atoms with Crippen LogP contribution in [0.15, 0.2) is 53.6 Å². The fraction of sp³-hybridized carbons (Fsp3) is 0.167. The fourth-order valence-electron chi connectivity index (χ4n) is 2.71. The molecule has 0 radical (unpaired) electrons. The lowest BCUT2D eigenvalue weighted by atomic mass is 10.1. The first kappa shape index (κ1) is 15.0. The minimum Gasteiger partial charge on any atom is -0.345 e. The Kier molecular flexibility index (Phi) is 3.93. The minimum absolute atomic E-state index is 0.0711. The van der Waals surface area contributed by atoms with Crippen LogP contribution in [-0.2, 0) is 6.54 Å². The molecule has 0 aliphatic rings. The average molecular weight is 307 g/mol. The number of carbonyl (C=O) groups is 1. The first-order chi connectivity index (χ1) is 11.1. The van der Waals surface area contributed by atoms with Crippen LogP contribution < -0.4 is 10.7 Å². The largest absolute Gasteiger partial charge is 0.345 e. The Balaban J connectivity index is 2.03. The van der Waals surface area contributed by atoms with Gasteiger partial charge in [-0.05, 0) is 44.2 Å². The summed E-state index contributed by atoms with van der Waals surface area (Å²) in [5, 5.41) is 3.32. The highest BCUT2D eigenvalue weighted by Crippen LogP contribution is 2.16. The van der Waals surface area contributed by atoms with E-state index in [9.17, 15) is 9.59 Å². The van der Waals surface area contributed by atoms with E-state index in [1.807, 2.05) is 19.9 Å². The third-order valence-electron chi connectivity index (χ3n) is 3.82. The van der Waals surface area contributed by atoms with E-state index in [4.69, 9.17) is 0 Å². The lowest BCUT2D eigenvalue weighted by Gasteiger charge is -2.13. The number of nitrogens with one attached hydrogen (secondary N) is 1. The van der Waals surface area contributed by atoms with Crippen LogP contribution >= 0.6 is 0 Å². The van der Waals surface area contributed by atoms with Crippen LogP contribution in [0.2, 0.25) is 0 Å². The number of pyridine rings is 2. The lowest BCUT2D eigenvalue weighted by Crippen LogP contribution is -2.15. The Labute approximate surface area is 133 Å². The monoisotopic (exact) mass is 307 g/mol. The quantitative estimate of drug-likeness (QED) is 0.809. The number of aryl methyl sites for hydroxylation is 2. The van der Waals surface area contributed by atoms with Gasteiger partial charge in [-0.25, -0.2) is 0 Å². The average Bonchev–Trinajstić information content (AvgIpc) is 2.56. The van der Waals surface area contributed by atoms with Gasteiger partial charge < -0.3 is 9.88 Å². The van der Waals surface area contributed by atoms with Crippen molar-refractivity contribution in [3.63, 3.8) is 0 Å². The summed E-state index contributed by atoms with van der Waals surface area (Å²) in [6, 6.07) is 10.3. The van der Waals surface area contributed by atoms with Gasteiger partial charge in [-0.3, -0.25) is 14.6 Å². The van der Waals surface area contributed by atoms with Gasteiger partial charge in [0.2, 0.25) is 0 Å². The molecule has 5 nitrogen and oxygen atoms in total. The first-order valence-corrected chi connectivity index (χ1v) is 7.45. The zero-order valence-corrected chi connectivity index (χ0v) is 13.0. The van der Waals surface area contributed by atoms with Crippen molar-refractivity contribution >= 4 is 22.5 Å². The predicted octanol–water partition coefficient (Wildman–Crippen LogP) is 2.98. The Morgan fingerprint density at radius 1 is 1.26 bits per heavy atom. The summed E-state index contributed by atoms with van der Waals surface area (Å²) < 4.78 is 2.06. The molecule has 1 aromatic carbocycles. The summed E-state index contributed by atoms with van der Waals surface area (Å²) in [6.07, 6.45) is 3.22. The molecule has 0 fully saturated rings. The molecule has 5 heteroatoms. The van der Waals surface area contributed by atoms with Gasteiger partial charge in [-0.1, -0.05) is 0 Å². The molecule has 0 unspecified atom stereocenters. The van der Waals surface area contributed by atoms with Gasteiger partial charge in [0.1, 0.15) is 0 Å². The van der Waals surface area contributed by atoms with E-state index in [-0.39, 0.29) is 11.3 Å². The number of benzene rings is 1. The molecular weight excluding hydrogens is 290 g/mol. The van der Waals surface area contributed by atoms with Gasteiger partial charge in [-0.2, -0.15) is 0 Å². The van der Waals surface area contributed by atoms with E-state index in [2.05, 4.69) is 14.9 Å². The third-order valence-corrected chi connectivity index (χ3v) is 3.82. The van der Waals surface area contributed by atoms with Crippen molar-refractivity contribution in [1.82, 2.24) is 9.55 Å². The molecule has 0 bridgehead atoms. The Morgan fingerprint density at radius 3 is 2.78 bits per heavy atom. The molecule has 3 rings (SSSR count). The van der Waals surface area contributed by atoms with E-state index in [1.165, 1.54) is 0 Å². The second-order valence-electron chi connectivity index (χ2n) is 5.32. The maximum Gasteiger partial charge on any atom is 0.255 e. The predicted molar refractivity (Wildman–Crippen MR) is 90.8 cm³/mol. The molecule has 0 spiro atoms. The Morgan fingerprint density at radius 2 is 2.09 bits per heavy atom. The van der Waals surface area contributed by atoms with Crippen molar-refractivity contribution in [2.45, 2.75) is 20.4 Å². The van der Waals surface area contributed by atoms with Gasteiger partial charge in [0.05, 0.1) is 17.4 Å². The van der Waals surface area contributed by atoms with Crippen LogP contribution in [0.3, 0.4) is 0 Å². The number of carbonyl (C=O) groups excluding carboxylic acids is 1. The van der Waals surface area contributed by atoms with E-state index < -0.39 is 0 Å². The maximum absolute atomic E-state index is 12.3. The zero-order chi connectivity index (χ0) is 16.4. The smallest absolute Gasteiger partial charge is 0.255 e. The minimum atomic E-state index is -0.261. The van der Waals surface area contributed by atoms with Gasteiger partial charge in [-0.15, -0.1) is 0 Å². The first-order valence-electron chi connectivity index (χ1n) is 7.45. The number of amides is 1. The van der Waals surface area contributed by atoms with Crippen molar-refractivity contribution < 1.29 is 4.79 Å². The van der Waals surface area contributed by atoms with Crippen molar-refractivity contribution in [2.75, 3.05) is 5.32 Å². The van der Waals surface area contributed by atoms with E-state index in [0.717, 1.165) is 17.8 Å². The molecule has 2 aromatic heterocycles. The summed E-state index contributed by atoms with van der Waals surface area (Å²) in [7, 11) is 0. The number of hydrogen-bond donors (Lipinski definition) is 1. The molecule has 1 N–H and O–H groups in total. The van der Waals surface area contributed by atoms with Crippen molar-refractivity contribution in [1.29, 1.82) is 0 Å². The molecule has 0 aliphatic heterocycles. The topological polar surface area (TPSA) is 64.0 Å². The summed E-state index contributed by atoms with van der Waals surface area (Å²) >= 11 is 0. The molecule has 3 aromatic rings. The molecular formula is C18H17N3O2. The normalized spacial score (nSPS) is 10.7. The van der Waals surface area contributed by atoms with Gasteiger partial charge in [0, 0.05) is 35.5 Å². The molecule has 23 heavy (non-hydrogen) atoms. The molecule has 116 valence electrons. The molecule has 0 saturated heterocycles. The summed E-state index contributed by atoms with van der Waals surface area (Å²) in [6.45, 7) is 4.71. The zero-order valence-electron chi connectivity index (χ0n) is 13.0. The number of fused-ring (bicyclic) bond motifs is 1. The number of aromatic nitrogens is 2. The standard InChI is InChI=1S/C18H17N3O2/c1-3-21-12(2)9-17(22)15-10-13(6-7-16(15)21)18(23)20-14-5-4-8-19-11-14/h4-11H,3H2,1-2H3,(H,20,23). The second kappa shape index (κ2) is 6.04.